The summed E-state index contributed by atoms with van der Waals surface area (Å²) in [5.74, 6) is 0.888. The van der Waals surface area contributed by atoms with E-state index in [0.717, 1.165) is 29.9 Å². The second kappa shape index (κ2) is 7.69. The van der Waals surface area contributed by atoms with Gasteiger partial charge in [-0.3, -0.25) is 0 Å². The minimum Gasteiger partial charge on any atom is -0.494 e. The van der Waals surface area contributed by atoms with Crippen molar-refractivity contribution in [1.29, 1.82) is 0 Å². The number of benzene rings is 2. The molecular formula is C17H19Cl2NO. The predicted octanol–water partition coefficient (Wildman–Crippen LogP) is 5.09. The highest BCUT2D eigenvalue weighted by molar-refractivity contribution is 6.34. The standard InChI is InChI=1S/C17H19Cl2NO/c1-3-8-21-16-6-4-12(5-7-16)17(20-2)13-9-14(18)11-15(19)10-13/h4-7,9-11,17,20H,3,8H2,1-2H3. The third kappa shape index (κ3) is 4.37. The molecule has 2 nitrogen and oxygen atoms in total. The summed E-state index contributed by atoms with van der Waals surface area (Å²) in [4.78, 5) is 0. The molecule has 0 aliphatic rings. The number of ether oxygens (including phenoxy) is 1. The highest BCUT2D eigenvalue weighted by atomic mass is 35.5. The summed E-state index contributed by atoms with van der Waals surface area (Å²) in [5, 5.41) is 4.57. The van der Waals surface area contributed by atoms with Crippen LogP contribution in [-0.2, 0) is 0 Å². The van der Waals surface area contributed by atoms with E-state index >= 15 is 0 Å². The minimum atomic E-state index is 0.0430. The first kappa shape index (κ1) is 16.2. The molecule has 0 aromatic heterocycles. The van der Waals surface area contributed by atoms with Crippen LogP contribution in [0.15, 0.2) is 42.5 Å². The zero-order valence-corrected chi connectivity index (χ0v) is 13.7. The van der Waals surface area contributed by atoms with Crippen LogP contribution in [0.25, 0.3) is 0 Å². The van der Waals surface area contributed by atoms with Crippen molar-refractivity contribution in [3.05, 3.63) is 63.6 Å². The molecule has 0 saturated carbocycles. The summed E-state index contributed by atoms with van der Waals surface area (Å²) in [6.07, 6.45) is 1.00. The van der Waals surface area contributed by atoms with Gasteiger partial charge in [-0.1, -0.05) is 42.3 Å². The monoisotopic (exact) mass is 323 g/mol. The maximum absolute atomic E-state index is 6.09. The molecular weight excluding hydrogens is 305 g/mol. The summed E-state index contributed by atoms with van der Waals surface area (Å²) in [6, 6.07) is 13.7. The van der Waals surface area contributed by atoms with Crippen molar-refractivity contribution < 1.29 is 4.74 Å². The molecule has 0 saturated heterocycles. The molecule has 112 valence electrons. The van der Waals surface area contributed by atoms with E-state index < -0.39 is 0 Å². The van der Waals surface area contributed by atoms with Crippen molar-refractivity contribution in [1.82, 2.24) is 5.32 Å². The zero-order valence-electron chi connectivity index (χ0n) is 12.2. The molecule has 0 fully saturated rings. The van der Waals surface area contributed by atoms with E-state index in [-0.39, 0.29) is 6.04 Å². The lowest BCUT2D eigenvalue weighted by Gasteiger charge is -2.18. The lowest BCUT2D eigenvalue weighted by atomic mass is 9.99. The van der Waals surface area contributed by atoms with Crippen LogP contribution in [0, 0.1) is 0 Å². The van der Waals surface area contributed by atoms with E-state index in [1.807, 2.05) is 31.3 Å². The zero-order chi connectivity index (χ0) is 15.2. The molecule has 1 atom stereocenters. The number of hydrogen-bond acceptors (Lipinski definition) is 2. The minimum absolute atomic E-state index is 0.0430. The molecule has 0 radical (unpaired) electrons. The lowest BCUT2D eigenvalue weighted by Crippen LogP contribution is -2.17. The van der Waals surface area contributed by atoms with Gasteiger partial charge in [0.05, 0.1) is 12.6 Å². The lowest BCUT2D eigenvalue weighted by molar-refractivity contribution is 0.317. The Hall–Kier alpha value is -1.22. The summed E-state index contributed by atoms with van der Waals surface area (Å²) in [6.45, 7) is 2.83. The Kier molecular flexibility index (Phi) is 5.92. The summed E-state index contributed by atoms with van der Waals surface area (Å²) >= 11 is 12.2. The van der Waals surface area contributed by atoms with Gasteiger partial charge in [-0.15, -0.1) is 0 Å². The number of rotatable bonds is 6. The Bertz CT molecular complexity index is 564. The Morgan fingerprint density at radius 3 is 2.14 bits per heavy atom. The molecule has 2 aromatic rings. The fourth-order valence-electron chi connectivity index (χ4n) is 2.24. The van der Waals surface area contributed by atoms with Gasteiger partial charge in [0.2, 0.25) is 0 Å². The summed E-state index contributed by atoms with van der Waals surface area (Å²) < 4.78 is 5.60. The van der Waals surface area contributed by atoms with E-state index in [0.29, 0.717) is 10.0 Å². The Balaban J connectivity index is 2.24. The smallest absolute Gasteiger partial charge is 0.119 e. The van der Waals surface area contributed by atoms with Crippen LogP contribution in [0.4, 0.5) is 0 Å². The fourth-order valence-corrected chi connectivity index (χ4v) is 2.79. The molecule has 0 aliphatic heterocycles. The fraction of sp³-hybridized carbons (Fsp3) is 0.294. The normalized spacial score (nSPS) is 12.2. The van der Waals surface area contributed by atoms with E-state index in [9.17, 15) is 0 Å². The van der Waals surface area contributed by atoms with E-state index in [4.69, 9.17) is 27.9 Å². The molecule has 0 heterocycles. The predicted molar refractivity (Wildman–Crippen MR) is 89.6 cm³/mol. The third-order valence-electron chi connectivity index (χ3n) is 3.19. The molecule has 1 N–H and O–H groups in total. The first-order chi connectivity index (χ1) is 10.1. The van der Waals surface area contributed by atoms with Gasteiger partial charge in [-0.25, -0.2) is 0 Å². The maximum atomic E-state index is 6.09. The molecule has 2 aromatic carbocycles. The van der Waals surface area contributed by atoms with Crippen molar-refractivity contribution >= 4 is 23.2 Å². The average molecular weight is 324 g/mol. The third-order valence-corrected chi connectivity index (χ3v) is 3.63. The molecule has 1 unspecified atom stereocenters. The number of nitrogens with one attached hydrogen (secondary N) is 1. The molecule has 0 amide bonds. The molecule has 0 bridgehead atoms. The van der Waals surface area contributed by atoms with Gasteiger partial charge in [0.1, 0.15) is 5.75 Å². The van der Waals surface area contributed by atoms with Crippen LogP contribution >= 0.6 is 23.2 Å². The van der Waals surface area contributed by atoms with Crippen LogP contribution in [0.5, 0.6) is 5.75 Å². The van der Waals surface area contributed by atoms with Gasteiger partial charge < -0.3 is 10.1 Å². The van der Waals surface area contributed by atoms with Crippen LogP contribution in [-0.4, -0.2) is 13.7 Å². The van der Waals surface area contributed by atoms with Crippen LogP contribution in [0.2, 0.25) is 10.0 Å². The van der Waals surface area contributed by atoms with Crippen molar-refractivity contribution in [2.45, 2.75) is 19.4 Å². The van der Waals surface area contributed by atoms with Crippen LogP contribution in [0.3, 0.4) is 0 Å². The van der Waals surface area contributed by atoms with Gasteiger partial charge in [-0.05, 0) is 54.9 Å². The molecule has 2 rings (SSSR count). The molecule has 21 heavy (non-hydrogen) atoms. The van der Waals surface area contributed by atoms with Gasteiger partial charge in [0.25, 0.3) is 0 Å². The highest BCUT2D eigenvalue weighted by Crippen LogP contribution is 2.28. The topological polar surface area (TPSA) is 21.3 Å². The molecule has 0 aliphatic carbocycles. The SMILES string of the molecule is CCCOc1ccc(C(NC)c2cc(Cl)cc(Cl)c2)cc1. The number of halogens is 2. The van der Waals surface area contributed by atoms with Crippen molar-refractivity contribution in [3.63, 3.8) is 0 Å². The maximum Gasteiger partial charge on any atom is 0.119 e. The second-order valence-electron chi connectivity index (χ2n) is 4.84. The Labute approximate surface area is 136 Å². The first-order valence-electron chi connectivity index (χ1n) is 7.00. The highest BCUT2D eigenvalue weighted by Gasteiger charge is 2.13. The molecule has 0 spiro atoms. The van der Waals surface area contributed by atoms with E-state index in [1.165, 1.54) is 0 Å². The van der Waals surface area contributed by atoms with Gasteiger partial charge in [0.15, 0.2) is 0 Å². The van der Waals surface area contributed by atoms with Gasteiger partial charge >= 0.3 is 0 Å². The summed E-state index contributed by atoms with van der Waals surface area (Å²) in [5.41, 5.74) is 2.18. The summed E-state index contributed by atoms with van der Waals surface area (Å²) in [7, 11) is 1.92. The van der Waals surface area contributed by atoms with Gasteiger partial charge in [-0.2, -0.15) is 0 Å². The first-order valence-corrected chi connectivity index (χ1v) is 7.75. The Morgan fingerprint density at radius 1 is 1.00 bits per heavy atom. The van der Waals surface area contributed by atoms with Crippen LogP contribution < -0.4 is 10.1 Å². The van der Waals surface area contributed by atoms with Crippen LogP contribution in [0.1, 0.15) is 30.5 Å². The van der Waals surface area contributed by atoms with Crippen molar-refractivity contribution in [3.8, 4) is 5.75 Å². The van der Waals surface area contributed by atoms with Crippen molar-refractivity contribution in [2.75, 3.05) is 13.7 Å². The van der Waals surface area contributed by atoms with Gasteiger partial charge in [0, 0.05) is 10.0 Å². The van der Waals surface area contributed by atoms with Crippen molar-refractivity contribution in [2.24, 2.45) is 0 Å². The van der Waals surface area contributed by atoms with E-state index in [2.05, 4.69) is 24.4 Å². The average Bonchev–Trinajstić information content (AvgIpc) is 2.46. The molecule has 4 heteroatoms. The Morgan fingerprint density at radius 2 is 1.62 bits per heavy atom. The quantitative estimate of drug-likeness (QED) is 0.799. The van der Waals surface area contributed by atoms with E-state index in [1.54, 1.807) is 6.07 Å². The largest absolute Gasteiger partial charge is 0.494 e. The second-order valence-corrected chi connectivity index (χ2v) is 5.71. The number of hydrogen-bond donors (Lipinski definition) is 1.